The topological polar surface area (TPSA) is 32.7 Å². The Morgan fingerprint density at radius 3 is 2.46 bits per heavy atom. The molecule has 0 spiro atoms. The first-order chi connectivity index (χ1) is 13.8. The van der Waals surface area contributed by atoms with E-state index in [1.165, 1.54) is 37.7 Å². The van der Waals surface area contributed by atoms with Crippen molar-refractivity contribution in [3.63, 3.8) is 0 Å². The van der Waals surface area contributed by atoms with Gasteiger partial charge in [0, 0.05) is 10.9 Å². The highest BCUT2D eigenvalue weighted by atomic mass is 32.1. The van der Waals surface area contributed by atoms with Crippen LogP contribution in [0.4, 0.5) is 17.1 Å². The molecule has 1 fully saturated rings. The number of nitrogens with zero attached hydrogens (tertiary/aromatic N) is 2. The molecule has 3 aromatic rings. The molecule has 2 aliphatic rings. The summed E-state index contributed by atoms with van der Waals surface area (Å²) in [7, 11) is 0. The number of benzene rings is 2. The maximum atomic E-state index is 13.2. The van der Waals surface area contributed by atoms with E-state index in [1.54, 1.807) is 16.2 Å². The second-order valence-corrected chi connectivity index (χ2v) is 8.31. The SMILES string of the molecule is O=C1/C(=N\c2ccc(C3CCCCC3)cc2)c2ccccc2N1c1ccsc1. The lowest BCUT2D eigenvalue weighted by Crippen LogP contribution is -2.24. The van der Waals surface area contributed by atoms with Gasteiger partial charge in [-0.2, -0.15) is 11.3 Å². The first kappa shape index (κ1) is 17.4. The Hall–Kier alpha value is -2.72. The second kappa shape index (κ2) is 7.36. The zero-order valence-corrected chi connectivity index (χ0v) is 16.5. The van der Waals surface area contributed by atoms with E-state index in [2.05, 4.69) is 24.3 Å². The highest BCUT2D eigenvalue weighted by molar-refractivity contribution is 7.08. The minimum atomic E-state index is -0.0593. The number of fused-ring (bicyclic) bond motifs is 1. The van der Waals surface area contributed by atoms with Gasteiger partial charge < -0.3 is 0 Å². The van der Waals surface area contributed by atoms with Crippen LogP contribution in [0.2, 0.25) is 0 Å². The molecule has 1 aromatic heterocycles. The normalized spacial score (nSPS) is 18.6. The van der Waals surface area contributed by atoms with Crippen molar-refractivity contribution in [1.82, 2.24) is 0 Å². The minimum absolute atomic E-state index is 0.0593. The first-order valence-corrected chi connectivity index (χ1v) is 10.9. The van der Waals surface area contributed by atoms with Crippen LogP contribution in [-0.2, 0) is 4.79 Å². The van der Waals surface area contributed by atoms with Crippen molar-refractivity contribution in [2.75, 3.05) is 4.90 Å². The Balaban J connectivity index is 1.48. The van der Waals surface area contributed by atoms with Gasteiger partial charge in [-0.15, -0.1) is 0 Å². The van der Waals surface area contributed by atoms with Gasteiger partial charge in [-0.1, -0.05) is 49.6 Å². The molecular formula is C24H22N2OS. The van der Waals surface area contributed by atoms with Gasteiger partial charge in [-0.25, -0.2) is 4.99 Å². The van der Waals surface area contributed by atoms with Gasteiger partial charge in [-0.3, -0.25) is 9.69 Å². The number of hydrogen-bond donors (Lipinski definition) is 0. The van der Waals surface area contributed by atoms with Gasteiger partial charge in [0.2, 0.25) is 0 Å². The Morgan fingerprint density at radius 1 is 0.929 bits per heavy atom. The minimum Gasteiger partial charge on any atom is -0.274 e. The summed E-state index contributed by atoms with van der Waals surface area (Å²) >= 11 is 1.59. The lowest BCUT2D eigenvalue weighted by Gasteiger charge is -2.21. The van der Waals surface area contributed by atoms with E-state index < -0.39 is 0 Å². The number of carbonyl (C=O) groups is 1. The third kappa shape index (κ3) is 3.08. The van der Waals surface area contributed by atoms with Crippen molar-refractivity contribution in [2.24, 2.45) is 4.99 Å². The fourth-order valence-corrected chi connectivity index (χ4v) is 4.95. The van der Waals surface area contributed by atoms with E-state index in [0.717, 1.165) is 22.6 Å². The molecule has 0 bridgehead atoms. The number of carbonyl (C=O) groups excluding carboxylic acids is 1. The van der Waals surface area contributed by atoms with Crippen molar-refractivity contribution in [1.29, 1.82) is 0 Å². The van der Waals surface area contributed by atoms with Crippen molar-refractivity contribution < 1.29 is 4.79 Å². The number of thiophene rings is 1. The number of aliphatic imine (C=N–C) groups is 1. The molecule has 28 heavy (non-hydrogen) atoms. The molecule has 140 valence electrons. The largest absolute Gasteiger partial charge is 0.282 e. The zero-order chi connectivity index (χ0) is 18.9. The van der Waals surface area contributed by atoms with E-state index in [0.29, 0.717) is 11.6 Å². The molecule has 0 unspecified atom stereocenters. The average Bonchev–Trinajstić information content (AvgIpc) is 3.36. The number of para-hydroxylation sites is 1. The maximum Gasteiger partial charge on any atom is 0.282 e. The smallest absolute Gasteiger partial charge is 0.274 e. The standard InChI is InChI=1S/C24H22N2OS/c27-24-23(21-8-4-5-9-22(21)26(24)20-14-15-28-16-20)25-19-12-10-18(11-13-19)17-6-2-1-3-7-17/h4-5,8-17H,1-3,6-7H2/b25-23-. The van der Waals surface area contributed by atoms with Crippen LogP contribution in [0.1, 0.15) is 49.1 Å². The van der Waals surface area contributed by atoms with Crippen LogP contribution in [-0.4, -0.2) is 11.6 Å². The summed E-state index contributed by atoms with van der Waals surface area (Å²) in [5, 5.41) is 3.99. The van der Waals surface area contributed by atoms with Crippen LogP contribution < -0.4 is 4.90 Å². The summed E-state index contributed by atoms with van der Waals surface area (Å²) in [4.78, 5) is 19.7. The van der Waals surface area contributed by atoms with Crippen molar-refractivity contribution in [3.05, 3.63) is 76.5 Å². The molecule has 2 heterocycles. The van der Waals surface area contributed by atoms with Gasteiger partial charge >= 0.3 is 0 Å². The molecule has 1 amide bonds. The molecule has 0 saturated heterocycles. The Morgan fingerprint density at radius 2 is 1.71 bits per heavy atom. The van der Waals surface area contributed by atoms with E-state index in [9.17, 15) is 4.79 Å². The van der Waals surface area contributed by atoms with Gasteiger partial charge in [-0.05, 0) is 54.0 Å². The quantitative estimate of drug-likeness (QED) is 0.499. The molecule has 0 atom stereocenters. The molecule has 5 rings (SSSR count). The molecule has 1 aliphatic carbocycles. The lowest BCUT2D eigenvalue weighted by atomic mass is 9.84. The van der Waals surface area contributed by atoms with Crippen molar-refractivity contribution >= 4 is 40.0 Å². The third-order valence-corrected chi connectivity index (χ3v) is 6.45. The highest BCUT2D eigenvalue weighted by Crippen LogP contribution is 2.38. The number of rotatable bonds is 3. The van der Waals surface area contributed by atoms with Crippen LogP contribution in [0.3, 0.4) is 0 Å². The summed E-state index contributed by atoms with van der Waals surface area (Å²) < 4.78 is 0. The molecular weight excluding hydrogens is 364 g/mol. The summed E-state index contributed by atoms with van der Waals surface area (Å²) in [6.45, 7) is 0. The van der Waals surface area contributed by atoms with E-state index in [4.69, 9.17) is 4.99 Å². The Bertz CT molecular complexity index is 1020. The van der Waals surface area contributed by atoms with Gasteiger partial charge in [0.05, 0.1) is 17.1 Å². The maximum absolute atomic E-state index is 13.2. The number of amides is 1. The van der Waals surface area contributed by atoms with E-state index >= 15 is 0 Å². The number of anilines is 2. The van der Waals surface area contributed by atoms with Crippen LogP contribution in [0.25, 0.3) is 0 Å². The third-order valence-electron chi connectivity index (χ3n) is 5.78. The van der Waals surface area contributed by atoms with E-state index in [-0.39, 0.29) is 5.91 Å². The lowest BCUT2D eigenvalue weighted by molar-refractivity contribution is -0.111. The predicted octanol–water partition coefficient (Wildman–Crippen LogP) is 6.59. The van der Waals surface area contributed by atoms with Crippen molar-refractivity contribution in [2.45, 2.75) is 38.0 Å². The Labute approximate surface area is 169 Å². The second-order valence-electron chi connectivity index (χ2n) is 7.53. The Kier molecular flexibility index (Phi) is 4.57. The molecule has 1 saturated carbocycles. The van der Waals surface area contributed by atoms with Crippen LogP contribution in [0.5, 0.6) is 0 Å². The summed E-state index contributed by atoms with van der Waals surface area (Å²) in [5.74, 6) is 0.620. The highest BCUT2D eigenvalue weighted by Gasteiger charge is 2.34. The predicted molar refractivity (Wildman–Crippen MR) is 116 cm³/mol. The summed E-state index contributed by atoms with van der Waals surface area (Å²) in [6.07, 6.45) is 6.60. The van der Waals surface area contributed by atoms with Gasteiger partial charge in [0.15, 0.2) is 0 Å². The average molecular weight is 387 g/mol. The first-order valence-electron chi connectivity index (χ1n) is 9.96. The van der Waals surface area contributed by atoms with Crippen LogP contribution in [0, 0.1) is 0 Å². The van der Waals surface area contributed by atoms with E-state index in [1.807, 2.05) is 41.1 Å². The summed E-state index contributed by atoms with van der Waals surface area (Å²) in [6, 6.07) is 18.4. The van der Waals surface area contributed by atoms with Crippen molar-refractivity contribution in [3.8, 4) is 0 Å². The van der Waals surface area contributed by atoms with Crippen LogP contribution in [0.15, 0.2) is 70.3 Å². The van der Waals surface area contributed by atoms with Gasteiger partial charge in [0.1, 0.15) is 5.71 Å². The monoisotopic (exact) mass is 386 g/mol. The zero-order valence-electron chi connectivity index (χ0n) is 15.7. The molecule has 2 aromatic carbocycles. The fraction of sp³-hybridized carbons (Fsp3) is 0.250. The molecule has 0 N–H and O–H groups in total. The summed E-state index contributed by atoms with van der Waals surface area (Å²) in [5.41, 5.74) is 5.47. The van der Waals surface area contributed by atoms with Gasteiger partial charge in [0.25, 0.3) is 5.91 Å². The molecule has 3 nitrogen and oxygen atoms in total. The number of hydrogen-bond acceptors (Lipinski definition) is 3. The molecule has 0 radical (unpaired) electrons. The van der Waals surface area contributed by atoms with Crippen LogP contribution >= 0.6 is 11.3 Å². The molecule has 1 aliphatic heterocycles. The fourth-order valence-electron chi connectivity index (χ4n) is 4.33. The molecule has 4 heteroatoms.